The van der Waals surface area contributed by atoms with Crippen molar-refractivity contribution in [3.8, 4) is 11.5 Å². The molecule has 0 aliphatic carbocycles. The number of nitrogens with one attached hydrogen (secondary N) is 1. The van der Waals surface area contributed by atoms with Crippen LogP contribution in [-0.2, 0) is 0 Å². The Morgan fingerprint density at radius 3 is 2.83 bits per heavy atom. The molecule has 2 aromatic heterocycles. The Labute approximate surface area is 138 Å². The number of rotatable bonds is 4. The van der Waals surface area contributed by atoms with Gasteiger partial charge in [0.25, 0.3) is 11.7 Å². The smallest absolute Gasteiger partial charge is 0.274 e. The minimum atomic E-state index is -0.379. The molecule has 2 N–H and O–H groups in total. The van der Waals surface area contributed by atoms with Crippen LogP contribution in [0.4, 0.5) is 5.69 Å². The first kappa shape index (κ1) is 15.7. The van der Waals surface area contributed by atoms with E-state index >= 15 is 0 Å². The molecule has 3 aromatic rings. The van der Waals surface area contributed by atoms with E-state index in [2.05, 4.69) is 20.4 Å². The molecular weight excluding hydrogens is 310 g/mol. The Morgan fingerprint density at radius 1 is 1.33 bits per heavy atom. The SMILES string of the molecule is COc1cc(NC(=O)c2cc(C(C)C)n3ncnc3n2)ccc1O. The Hall–Kier alpha value is -3.16. The molecule has 0 radical (unpaired) electrons. The van der Waals surface area contributed by atoms with Gasteiger partial charge in [-0.15, -0.1) is 0 Å². The van der Waals surface area contributed by atoms with Crippen LogP contribution in [0.2, 0.25) is 0 Å². The van der Waals surface area contributed by atoms with E-state index in [1.54, 1.807) is 16.6 Å². The van der Waals surface area contributed by atoms with Crippen LogP contribution in [0.5, 0.6) is 11.5 Å². The van der Waals surface area contributed by atoms with E-state index < -0.39 is 0 Å². The van der Waals surface area contributed by atoms with Gasteiger partial charge in [0.2, 0.25) is 0 Å². The van der Waals surface area contributed by atoms with Crippen molar-refractivity contribution in [3.63, 3.8) is 0 Å². The monoisotopic (exact) mass is 327 g/mol. The van der Waals surface area contributed by atoms with E-state index in [1.807, 2.05) is 13.8 Å². The van der Waals surface area contributed by atoms with Crippen molar-refractivity contribution in [3.05, 3.63) is 42.0 Å². The number of hydrogen-bond donors (Lipinski definition) is 2. The lowest BCUT2D eigenvalue weighted by Crippen LogP contribution is -2.16. The standard InChI is InChI=1S/C16H17N5O3/c1-9(2)12-7-11(20-16-17-8-18-21(12)16)15(23)19-10-4-5-13(22)14(6-10)24-3/h4-9,22H,1-3H3,(H,19,23). The fraction of sp³-hybridized carbons (Fsp3) is 0.250. The third-order valence-corrected chi connectivity index (χ3v) is 3.54. The minimum absolute atomic E-state index is 0.000553. The Bertz CT molecular complexity index is 904. The quantitative estimate of drug-likeness (QED) is 0.712. The lowest BCUT2D eigenvalue weighted by Gasteiger charge is -2.11. The summed E-state index contributed by atoms with van der Waals surface area (Å²) >= 11 is 0. The second-order valence-corrected chi connectivity index (χ2v) is 5.53. The van der Waals surface area contributed by atoms with Gasteiger partial charge in [0.1, 0.15) is 12.0 Å². The van der Waals surface area contributed by atoms with Gasteiger partial charge in [-0.05, 0) is 24.1 Å². The summed E-state index contributed by atoms with van der Waals surface area (Å²) in [5, 5.41) is 16.5. The number of phenols is 1. The number of methoxy groups -OCH3 is 1. The van der Waals surface area contributed by atoms with Crippen molar-refractivity contribution in [2.24, 2.45) is 0 Å². The molecule has 1 aromatic carbocycles. The summed E-state index contributed by atoms with van der Waals surface area (Å²) in [5.41, 5.74) is 1.57. The largest absolute Gasteiger partial charge is 0.504 e. The van der Waals surface area contributed by atoms with Gasteiger partial charge in [-0.3, -0.25) is 4.79 Å². The number of anilines is 1. The fourth-order valence-electron chi connectivity index (χ4n) is 2.31. The number of phenolic OH excluding ortho intramolecular Hbond substituents is 1. The first-order chi connectivity index (χ1) is 11.5. The van der Waals surface area contributed by atoms with Gasteiger partial charge in [-0.1, -0.05) is 13.8 Å². The maximum absolute atomic E-state index is 12.5. The predicted octanol–water partition coefficient (Wildman–Crippen LogP) is 2.21. The van der Waals surface area contributed by atoms with Gasteiger partial charge in [0.05, 0.1) is 12.8 Å². The van der Waals surface area contributed by atoms with Gasteiger partial charge in [0, 0.05) is 11.8 Å². The van der Waals surface area contributed by atoms with Gasteiger partial charge in [-0.2, -0.15) is 10.1 Å². The van der Waals surface area contributed by atoms with Crippen molar-refractivity contribution >= 4 is 17.4 Å². The number of nitrogens with zero attached hydrogens (tertiary/aromatic N) is 4. The molecular formula is C16H17N5O3. The fourth-order valence-corrected chi connectivity index (χ4v) is 2.31. The highest BCUT2D eigenvalue weighted by molar-refractivity contribution is 6.03. The third kappa shape index (κ3) is 2.85. The molecule has 0 fully saturated rings. The molecule has 0 unspecified atom stereocenters. The molecule has 0 saturated heterocycles. The molecule has 124 valence electrons. The zero-order chi connectivity index (χ0) is 17.3. The van der Waals surface area contributed by atoms with Crippen molar-refractivity contribution in [2.75, 3.05) is 12.4 Å². The Kier molecular flexibility index (Phi) is 4.03. The lowest BCUT2D eigenvalue weighted by molar-refractivity contribution is 0.102. The number of aromatic hydroxyl groups is 1. The molecule has 8 heteroatoms. The molecule has 0 aliphatic heterocycles. The van der Waals surface area contributed by atoms with Gasteiger partial charge in [-0.25, -0.2) is 9.50 Å². The normalized spacial score (nSPS) is 11.0. The number of amides is 1. The average Bonchev–Trinajstić information content (AvgIpc) is 3.03. The Morgan fingerprint density at radius 2 is 2.12 bits per heavy atom. The maximum atomic E-state index is 12.5. The molecule has 8 nitrogen and oxygen atoms in total. The lowest BCUT2D eigenvalue weighted by atomic mass is 10.1. The highest BCUT2D eigenvalue weighted by atomic mass is 16.5. The number of carbonyl (C=O) groups excluding carboxylic acids is 1. The van der Waals surface area contributed by atoms with Crippen LogP contribution in [0.3, 0.4) is 0 Å². The first-order valence-corrected chi connectivity index (χ1v) is 7.38. The number of ether oxygens (including phenoxy) is 1. The minimum Gasteiger partial charge on any atom is -0.504 e. The van der Waals surface area contributed by atoms with Gasteiger partial charge in [0.15, 0.2) is 11.5 Å². The number of hydrogen-bond acceptors (Lipinski definition) is 6. The van der Waals surface area contributed by atoms with E-state index in [1.165, 1.54) is 25.6 Å². The van der Waals surface area contributed by atoms with Crippen LogP contribution >= 0.6 is 0 Å². The predicted molar refractivity (Wildman–Crippen MR) is 87.5 cm³/mol. The van der Waals surface area contributed by atoms with E-state index in [-0.39, 0.29) is 29.0 Å². The van der Waals surface area contributed by atoms with Crippen LogP contribution in [0.1, 0.15) is 35.9 Å². The average molecular weight is 327 g/mol. The molecule has 0 aliphatic rings. The summed E-state index contributed by atoms with van der Waals surface area (Å²) in [4.78, 5) is 20.8. The summed E-state index contributed by atoms with van der Waals surface area (Å²) in [6.45, 7) is 4.01. The van der Waals surface area contributed by atoms with Crippen LogP contribution in [0.25, 0.3) is 5.78 Å². The van der Waals surface area contributed by atoms with Crippen molar-refractivity contribution in [1.82, 2.24) is 19.6 Å². The number of carbonyl (C=O) groups is 1. The first-order valence-electron chi connectivity index (χ1n) is 7.38. The molecule has 2 heterocycles. The summed E-state index contributed by atoms with van der Waals surface area (Å²) in [6.07, 6.45) is 1.40. The molecule has 0 bridgehead atoms. The summed E-state index contributed by atoms with van der Waals surface area (Å²) in [6, 6.07) is 6.25. The second-order valence-electron chi connectivity index (χ2n) is 5.53. The molecule has 0 spiro atoms. The van der Waals surface area contributed by atoms with Crippen molar-refractivity contribution in [2.45, 2.75) is 19.8 Å². The molecule has 0 atom stereocenters. The van der Waals surface area contributed by atoms with Crippen LogP contribution in [0, 0.1) is 0 Å². The number of fused-ring (bicyclic) bond motifs is 1. The zero-order valence-corrected chi connectivity index (χ0v) is 13.5. The van der Waals surface area contributed by atoms with Crippen LogP contribution < -0.4 is 10.1 Å². The maximum Gasteiger partial charge on any atom is 0.274 e. The third-order valence-electron chi connectivity index (χ3n) is 3.54. The second kappa shape index (κ2) is 6.15. The highest BCUT2D eigenvalue weighted by Gasteiger charge is 2.16. The number of aromatic nitrogens is 4. The molecule has 3 rings (SSSR count). The molecule has 24 heavy (non-hydrogen) atoms. The number of benzene rings is 1. The van der Waals surface area contributed by atoms with Crippen LogP contribution in [-0.4, -0.2) is 37.7 Å². The van der Waals surface area contributed by atoms with E-state index in [9.17, 15) is 9.90 Å². The van der Waals surface area contributed by atoms with Gasteiger partial charge < -0.3 is 15.2 Å². The molecule has 0 saturated carbocycles. The highest BCUT2D eigenvalue weighted by Crippen LogP contribution is 2.28. The summed E-state index contributed by atoms with van der Waals surface area (Å²) in [5.74, 6) is 0.416. The zero-order valence-electron chi connectivity index (χ0n) is 13.5. The van der Waals surface area contributed by atoms with E-state index in [0.29, 0.717) is 11.5 Å². The topological polar surface area (TPSA) is 102 Å². The van der Waals surface area contributed by atoms with Crippen LogP contribution in [0.15, 0.2) is 30.6 Å². The summed E-state index contributed by atoms with van der Waals surface area (Å²) < 4.78 is 6.65. The van der Waals surface area contributed by atoms with Crippen molar-refractivity contribution in [1.29, 1.82) is 0 Å². The Balaban J connectivity index is 1.94. The van der Waals surface area contributed by atoms with Crippen molar-refractivity contribution < 1.29 is 14.6 Å². The van der Waals surface area contributed by atoms with E-state index in [4.69, 9.17) is 4.74 Å². The summed E-state index contributed by atoms with van der Waals surface area (Å²) in [7, 11) is 1.44. The molecule has 1 amide bonds. The van der Waals surface area contributed by atoms with E-state index in [0.717, 1.165) is 5.69 Å². The van der Waals surface area contributed by atoms with Gasteiger partial charge >= 0.3 is 0 Å².